The first kappa shape index (κ1) is 27.9. The van der Waals surface area contributed by atoms with Crippen molar-refractivity contribution in [2.24, 2.45) is 0 Å². The van der Waals surface area contributed by atoms with Gasteiger partial charge in [0.2, 0.25) is 0 Å². The maximum Gasteiger partial charge on any atom is 0.263 e. The Balaban J connectivity index is 1.59. The number of fused-ring (bicyclic) bond motifs is 2. The number of nitrogens with zero attached hydrogens (tertiary/aromatic N) is 3. The van der Waals surface area contributed by atoms with Gasteiger partial charge >= 0.3 is 0 Å². The topological polar surface area (TPSA) is 115 Å². The summed E-state index contributed by atoms with van der Waals surface area (Å²) < 4.78 is 37.5. The van der Waals surface area contributed by atoms with Crippen LogP contribution in [0.15, 0.2) is 108 Å². The van der Waals surface area contributed by atoms with Crippen LogP contribution in [0.25, 0.3) is 27.9 Å². The molecule has 2 aromatic heterocycles. The van der Waals surface area contributed by atoms with E-state index in [1.54, 1.807) is 47.0 Å². The van der Waals surface area contributed by atoms with E-state index in [1.807, 2.05) is 62.4 Å². The van der Waals surface area contributed by atoms with Crippen LogP contribution in [0.4, 0.5) is 5.82 Å². The zero-order valence-electron chi connectivity index (χ0n) is 23.6. The number of anilines is 1. The smallest absolute Gasteiger partial charge is 0.263 e. The number of hydrogen-bond donors (Lipinski definition) is 2. The Hall–Kier alpha value is -5.22. The molecule has 0 saturated heterocycles. The lowest BCUT2D eigenvalue weighted by Gasteiger charge is -2.15. The third-order valence-corrected chi connectivity index (χ3v) is 8.31. The lowest BCUT2D eigenvalue weighted by Crippen LogP contribution is -2.25. The largest absolute Gasteiger partial charge is 0.494 e. The van der Waals surface area contributed by atoms with Crippen molar-refractivity contribution in [1.29, 1.82) is 0 Å². The Labute approximate surface area is 249 Å². The number of benzene rings is 4. The van der Waals surface area contributed by atoms with Crippen LogP contribution >= 0.6 is 0 Å². The second kappa shape index (κ2) is 11.6. The van der Waals surface area contributed by atoms with Crippen molar-refractivity contribution < 1.29 is 17.9 Å². The normalized spacial score (nSPS) is 11.5. The molecule has 0 aliphatic rings. The van der Waals surface area contributed by atoms with E-state index in [0.29, 0.717) is 34.7 Å². The SMILES string of the molecule is CCOc1ccc(-n2c(NS(=O)(=O)c3ccc(C)cc3)c(C(=O)NCc3ccccc3)c3nc4ccccc4nc32)cc1. The maximum absolute atomic E-state index is 14.0. The van der Waals surface area contributed by atoms with Crippen LogP contribution in [-0.4, -0.2) is 35.5 Å². The molecule has 0 unspecified atom stereocenters. The number of ether oxygens (including phenoxy) is 1. The molecule has 0 radical (unpaired) electrons. The highest BCUT2D eigenvalue weighted by Crippen LogP contribution is 2.35. The summed E-state index contributed by atoms with van der Waals surface area (Å²) in [7, 11) is -4.13. The molecule has 4 aromatic carbocycles. The Morgan fingerprint density at radius 3 is 2.16 bits per heavy atom. The van der Waals surface area contributed by atoms with Gasteiger partial charge in [0.15, 0.2) is 5.65 Å². The molecule has 0 aliphatic heterocycles. The number of aryl methyl sites for hydroxylation is 1. The second-order valence-corrected chi connectivity index (χ2v) is 11.6. The van der Waals surface area contributed by atoms with Crippen molar-refractivity contribution in [3.8, 4) is 11.4 Å². The van der Waals surface area contributed by atoms with Gasteiger partial charge in [-0.2, -0.15) is 0 Å². The van der Waals surface area contributed by atoms with E-state index >= 15 is 0 Å². The summed E-state index contributed by atoms with van der Waals surface area (Å²) in [4.78, 5) is 23.7. The van der Waals surface area contributed by atoms with Crippen molar-refractivity contribution in [2.45, 2.75) is 25.3 Å². The molecule has 6 aromatic rings. The fourth-order valence-corrected chi connectivity index (χ4v) is 5.90. The molecule has 2 N–H and O–H groups in total. The zero-order chi connectivity index (χ0) is 30.0. The third kappa shape index (κ3) is 5.64. The summed E-state index contributed by atoms with van der Waals surface area (Å²) in [5, 5.41) is 2.94. The quantitative estimate of drug-likeness (QED) is 0.213. The van der Waals surface area contributed by atoms with Gasteiger partial charge in [0, 0.05) is 12.2 Å². The first-order valence-electron chi connectivity index (χ1n) is 13.8. The standard InChI is InChI=1S/C33H29N5O4S/c1-3-42-25-17-15-24(16-18-25)38-31(37-43(40,41)26-19-13-22(2)14-20-26)29(33(39)34-21-23-9-5-4-6-10-23)30-32(38)36-28-12-8-7-11-27(28)35-30/h4-20,37H,3,21H2,1-2H3,(H,34,39). The van der Waals surface area contributed by atoms with Gasteiger partial charge in [-0.05, 0) is 67.9 Å². The van der Waals surface area contributed by atoms with Crippen LogP contribution in [0, 0.1) is 6.92 Å². The number of aromatic nitrogens is 3. The first-order valence-corrected chi connectivity index (χ1v) is 15.3. The van der Waals surface area contributed by atoms with Gasteiger partial charge in [-0.1, -0.05) is 60.2 Å². The molecule has 10 heteroatoms. The molecule has 0 aliphatic carbocycles. The number of hydrogen-bond acceptors (Lipinski definition) is 6. The molecule has 0 fully saturated rings. The van der Waals surface area contributed by atoms with Crippen LogP contribution in [0.5, 0.6) is 5.75 Å². The molecule has 43 heavy (non-hydrogen) atoms. The van der Waals surface area contributed by atoms with Crippen molar-refractivity contribution in [3.63, 3.8) is 0 Å². The van der Waals surface area contributed by atoms with Crippen molar-refractivity contribution in [2.75, 3.05) is 11.3 Å². The lowest BCUT2D eigenvalue weighted by molar-refractivity contribution is 0.0953. The number of rotatable bonds is 9. The minimum Gasteiger partial charge on any atom is -0.494 e. The highest BCUT2D eigenvalue weighted by atomic mass is 32.2. The third-order valence-electron chi connectivity index (χ3n) is 6.95. The van der Waals surface area contributed by atoms with Gasteiger partial charge in [0.05, 0.1) is 22.5 Å². The predicted octanol–water partition coefficient (Wildman–Crippen LogP) is 6.01. The van der Waals surface area contributed by atoms with Gasteiger partial charge < -0.3 is 10.1 Å². The number of nitrogens with one attached hydrogen (secondary N) is 2. The summed E-state index contributed by atoms with van der Waals surface area (Å²) in [6, 6.07) is 30.4. The second-order valence-electron chi connectivity index (χ2n) is 9.96. The highest BCUT2D eigenvalue weighted by molar-refractivity contribution is 7.92. The highest BCUT2D eigenvalue weighted by Gasteiger charge is 2.30. The Morgan fingerprint density at radius 2 is 1.49 bits per heavy atom. The first-order chi connectivity index (χ1) is 20.8. The van der Waals surface area contributed by atoms with Crippen LogP contribution in [0.3, 0.4) is 0 Å². The molecule has 0 atom stereocenters. The summed E-state index contributed by atoms with van der Waals surface area (Å²) in [5.41, 5.74) is 4.21. The van der Waals surface area contributed by atoms with Crippen molar-refractivity contribution in [1.82, 2.24) is 19.9 Å². The molecule has 9 nitrogen and oxygen atoms in total. The monoisotopic (exact) mass is 591 g/mol. The van der Waals surface area contributed by atoms with Crippen molar-refractivity contribution >= 4 is 43.9 Å². The van der Waals surface area contributed by atoms with Gasteiger partial charge in [0.1, 0.15) is 22.6 Å². The lowest BCUT2D eigenvalue weighted by atomic mass is 10.2. The van der Waals surface area contributed by atoms with Crippen molar-refractivity contribution in [3.05, 3.63) is 120 Å². The van der Waals surface area contributed by atoms with Crippen LogP contribution in [-0.2, 0) is 16.6 Å². The van der Waals surface area contributed by atoms with E-state index in [9.17, 15) is 13.2 Å². The van der Waals surface area contributed by atoms with E-state index in [0.717, 1.165) is 11.1 Å². The molecule has 216 valence electrons. The van der Waals surface area contributed by atoms with Gasteiger partial charge in [-0.3, -0.25) is 14.1 Å². The molecular weight excluding hydrogens is 562 g/mol. The molecule has 1 amide bonds. The fraction of sp³-hybridized carbons (Fsp3) is 0.121. The van der Waals surface area contributed by atoms with E-state index < -0.39 is 15.9 Å². The number of carbonyl (C=O) groups excluding carboxylic acids is 1. The molecule has 6 rings (SSSR count). The summed E-state index contributed by atoms with van der Waals surface area (Å²) in [5.74, 6) is 0.187. The number of carbonyl (C=O) groups is 1. The minimum absolute atomic E-state index is 0.0283. The summed E-state index contributed by atoms with van der Waals surface area (Å²) in [6.07, 6.45) is 0. The molecule has 0 saturated carbocycles. The molecule has 0 bridgehead atoms. The minimum atomic E-state index is -4.13. The summed E-state index contributed by atoms with van der Waals surface area (Å²) >= 11 is 0. The maximum atomic E-state index is 14.0. The van der Waals surface area contributed by atoms with Crippen LogP contribution < -0.4 is 14.8 Å². The molecule has 0 spiro atoms. The van der Waals surface area contributed by atoms with Crippen LogP contribution in [0.1, 0.15) is 28.4 Å². The van der Waals surface area contributed by atoms with E-state index in [2.05, 4.69) is 10.0 Å². The van der Waals surface area contributed by atoms with E-state index in [4.69, 9.17) is 14.7 Å². The average Bonchev–Trinajstić information content (AvgIpc) is 3.31. The Bertz CT molecular complexity index is 2040. The number of amides is 1. The molecule has 2 heterocycles. The Morgan fingerprint density at radius 1 is 0.837 bits per heavy atom. The number of sulfonamides is 1. The van der Waals surface area contributed by atoms with Gasteiger partial charge in [-0.15, -0.1) is 0 Å². The summed E-state index contributed by atoms with van der Waals surface area (Å²) in [6.45, 7) is 4.51. The average molecular weight is 592 g/mol. The van der Waals surface area contributed by atoms with Gasteiger partial charge in [0.25, 0.3) is 15.9 Å². The zero-order valence-corrected chi connectivity index (χ0v) is 24.4. The van der Waals surface area contributed by atoms with Crippen LogP contribution in [0.2, 0.25) is 0 Å². The van der Waals surface area contributed by atoms with E-state index in [1.165, 1.54) is 12.1 Å². The number of para-hydroxylation sites is 2. The van der Waals surface area contributed by atoms with Gasteiger partial charge in [-0.25, -0.2) is 18.4 Å². The fourth-order valence-electron chi connectivity index (χ4n) is 4.84. The van der Waals surface area contributed by atoms with E-state index in [-0.39, 0.29) is 28.3 Å². The Kier molecular flexibility index (Phi) is 7.52. The molecular formula is C33H29N5O4S. The predicted molar refractivity (Wildman–Crippen MR) is 167 cm³/mol.